The highest BCUT2D eigenvalue weighted by atomic mass is 15.0. The van der Waals surface area contributed by atoms with Gasteiger partial charge in [-0.05, 0) is 67.7 Å². The molecule has 0 aliphatic rings. The van der Waals surface area contributed by atoms with Crippen LogP contribution in [0.2, 0.25) is 0 Å². The average Bonchev–Trinajstić information content (AvgIpc) is 3.31. The van der Waals surface area contributed by atoms with E-state index in [1.54, 1.807) is 0 Å². The highest BCUT2D eigenvalue weighted by molar-refractivity contribution is 6.28. The zero-order valence-corrected chi connectivity index (χ0v) is 20.2. The molecule has 0 amide bonds. The Bertz CT molecular complexity index is 2030. The molecular weight excluding hydrogens is 446 g/mol. The Balaban J connectivity index is 1.38. The van der Waals surface area contributed by atoms with Gasteiger partial charge in [0.15, 0.2) is 0 Å². The molecule has 0 saturated carbocycles. The van der Waals surface area contributed by atoms with Gasteiger partial charge in [0.1, 0.15) is 0 Å². The predicted molar refractivity (Wildman–Crippen MR) is 159 cm³/mol. The van der Waals surface area contributed by atoms with Gasteiger partial charge in [-0.15, -0.1) is 0 Å². The normalized spacial score (nSPS) is 11.8. The molecule has 0 unspecified atom stereocenters. The van der Waals surface area contributed by atoms with E-state index in [1.807, 2.05) is 0 Å². The highest BCUT2D eigenvalue weighted by Gasteiger charge is 2.14. The van der Waals surface area contributed by atoms with Crippen LogP contribution in [0, 0.1) is 0 Å². The topological polar surface area (TPSA) is 4.93 Å². The van der Waals surface area contributed by atoms with E-state index in [9.17, 15) is 0 Å². The van der Waals surface area contributed by atoms with Crippen molar-refractivity contribution in [3.63, 3.8) is 0 Å². The van der Waals surface area contributed by atoms with Crippen LogP contribution in [-0.4, -0.2) is 4.57 Å². The lowest BCUT2D eigenvalue weighted by Crippen LogP contribution is -1.93. The third-order valence-corrected chi connectivity index (χ3v) is 7.78. The van der Waals surface area contributed by atoms with Gasteiger partial charge < -0.3 is 4.57 Å². The second-order valence-corrected chi connectivity index (χ2v) is 9.74. The predicted octanol–water partition coefficient (Wildman–Crippen LogP) is 9.91. The van der Waals surface area contributed by atoms with Crippen LogP contribution < -0.4 is 0 Å². The Kier molecular flexibility index (Phi) is 4.29. The lowest BCUT2D eigenvalue weighted by Gasteiger charge is -2.15. The Morgan fingerprint density at radius 3 is 1.32 bits per heavy atom. The maximum absolute atomic E-state index is 2.38. The van der Waals surface area contributed by atoms with Gasteiger partial charge in [0.2, 0.25) is 0 Å². The Morgan fingerprint density at radius 1 is 0.324 bits per heavy atom. The largest absolute Gasteiger partial charge is 0.309 e. The molecule has 0 spiro atoms. The second kappa shape index (κ2) is 7.81. The average molecular weight is 470 g/mol. The van der Waals surface area contributed by atoms with Crippen LogP contribution in [0.5, 0.6) is 0 Å². The molecule has 172 valence electrons. The maximum Gasteiger partial charge on any atom is 0.0541 e. The van der Waals surface area contributed by atoms with Crippen molar-refractivity contribution in [2.24, 2.45) is 0 Å². The molecular formula is C36H23N. The summed E-state index contributed by atoms with van der Waals surface area (Å²) in [7, 11) is 0. The number of fused-ring (bicyclic) bond motifs is 9. The lowest BCUT2D eigenvalue weighted by atomic mass is 9.89. The molecule has 8 aromatic rings. The molecule has 1 nitrogen and oxygen atoms in total. The molecule has 0 bridgehead atoms. The third-order valence-electron chi connectivity index (χ3n) is 7.78. The Labute approximate surface area is 214 Å². The summed E-state index contributed by atoms with van der Waals surface area (Å²) in [6.45, 7) is 0. The van der Waals surface area contributed by atoms with Crippen LogP contribution in [-0.2, 0) is 0 Å². The quantitative estimate of drug-likeness (QED) is 0.222. The van der Waals surface area contributed by atoms with Crippen LogP contribution in [0.3, 0.4) is 0 Å². The summed E-state index contributed by atoms with van der Waals surface area (Å²) in [6, 6.07) is 50.7. The summed E-state index contributed by atoms with van der Waals surface area (Å²) in [5.74, 6) is 0. The first kappa shape index (κ1) is 20.3. The first-order chi connectivity index (χ1) is 18.4. The molecule has 0 atom stereocenters. The van der Waals surface area contributed by atoms with Crippen molar-refractivity contribution < 1.29 is 0 Å². The van der Waals surface area contributed by atoms with Gasteiger partial charge in [0, 0.05) is 16.5 Å². The zero-order chi connectivity index (χ0) is 24.3. The van der Waals surface area contributed by atoms with Gasteiger partial charge in [0.25, 0.3) is 0 Å². The third kappa shape index (κ3) is 2.92. The minimum absolute atomic E-state index is 1.18. The van der Waals surface area contributed by atoms with Crippen molar-refractivity contribution in [2.45, 2.75) is 0 Å². The first-order valence-corrected chi connectivity index (χ1v) is 12.8. The first-order valence-electron chi connectivity index (χ1n) is 12.8. The fourth-order valence-electron chi connectivity index (χ4n) is 6.19. The van der Waals surface area contributed by atoms with Crippen LogP contribution in [0.4, 0.5) is 0 Å². The molecule has 1 heteroatoms. The summed E-state index contributed by atoms with van der Waals surface area (Å²) < 4.78 is 2.38. The molecule has 1 heterocycles. The van der Waals surface area contributed by atoms with Crippen molar-refractivity contribution >= 4 is 54.1 Å². The van der Waals surface area contributed by atoms with Crippen molar-refractivity contribution in [1.82, 2.24) is 4.57 Å². The Morgan fingerprint density at radius 2 is 0.757 bits per heavy atom. The van der Waals surface area contributed by atoms with Crippen molar-refractivity contribution in [1.29, 1.82) is 0 Å². The van der Waals surface area contributed by atoms with Crippen LogP contribution in [0.15, 0.2) is 140 Å². The van der Waals surface area contributed by atoms with E-state index in [4.69, 9.17) is 0 Å². The van der Waals surface area contributed by atoms with Gasteiger partial charge in [-0.1, -0.05) is 115 Å². The maximum atomic E-state index is 2.38. The van der Waals surface area contributed by atoms with E-state index in [2.05, 4.69) is 144 Å². The number of aromatic nitrogens is 1. The fraction of sp³-hybridized carbons (Fsp3) is 0. The summed E-state index contributed by atoms with van der Waals surface area (Å²) >= 11 is 0. The smallest absolute Gasteiger partial charge is 0.0541 e. The van der Waals surface area contributed by atoms with Crippen molar-refractivity contribution in [3.05, 3.63) is 140 Å². The summed E-state index contributed by atoms with van der Waals surface area (Å²) in [4.78, 5) is 0. The standard InChI is InChI=1S/C36H23N/c1-2-11-29-27(10-1)28-12-3-4-15-32(28)36-26(16-9-17-33(29)36)24-20-22-25(23-21-24)37-34-18-7-5-13-30(34)31-14-6-8-19-35(31)37/h1-23H. The summed E-state index contributed by atoms with van der Waals surface area (Å²) in [6.07, 6.45) is 0. The number of nitrogens with zero attached hydrogens (tertiary/aromatic N) is 1. The number of hydrogen-bond donors (Lipinski definition) is 0. The van der Waals surface area contributed by atoms with Gasteiger partial charge >= 0.3 is 0 Å². The van der Waals surface area contributed by atoms with Crippen LogP contribution in [0.25, 0.3) is 70.9 Å². The molecule has 0 aliphatic heterocycles. The van der Waals surface area contributed by atoms with Gasteiger partial charge in [-0.2, -0.15) is 0 Å². The molecule has 0 aliphatic carbocycles. The van der Waals surface area contributed by atoms with Gasteiger partial charge in [0.05, 0.1) is 11.0 Å². The number of hydrogen-bond acceptors (Lipinski definition) is 0. The molecule has 1 aromatic heterocycles. The van der Waals surface area contributed by atoms with E-state index >= 15 is 0 Å². The van der Waals surface area contributed by atoms with E-state index in [0.717, 1.165) is 0 Å². The number of para-hydroxylation sites is 2. The number of benzene rings is 7. The van der Waals surface area contributed by atoms with Gasteiger partial charge in [-0.3, -0.25) is 0 Å². The Hall–Kier alpha value is -4.88. The molecule has 0 N–H and O–H groups in total. The van der Waals surface area contributed by atoms with Gasteiger partial charge in [-0.25, -0.2) is 0 Å². The fourth-order valence-corrected chi connectivity index (χ4v) is 6.19. The summed E-state index contributed by atoms with van der Waals surface area (Å²) in [5, 5.41) is 10.4. The van der Waals surface area contributed by atoms with E-state index < -0.39 is 0 Å². The molecule has 0 fully saturated rings. The minimum atomic E-state index is 1.18. The van der Waals surface area contributed by atoms with E-state index in [-0.39, 0.29) is 0 Å². The monoisotopic (exact) mass is 469 g/mol. The summed E-state index contributed by atoms with van der Waals surface area (Å²) in [5.41, 5.74) is 6.15. The van der Waals surface area contributed by atoms with Crippen molar-refractivity contribution in [3.8, 4) is 16.8 Å². The molecule has 0 radical (unpaired) electrons. The van der Waals surface area contributed by atoms with Crippen molar-refractivity contribution in [2.75, 3.05) is 0 Å². The molecule has 0 saturated heterocycles. The zero-order valence-electron chi connectivity index (χ0n) is 20.2. The van der Waals surface area contributed by atoms with Crippen LogP contribution in [0.1, 0.15) is 0 Å². The van der Waals surface area contributed by atoms with Crippen LogP contribution >= 0.6 is 0 Å². The van der Waals surface area contributed by atoms with E-state index in [1.165, 1.54) is 70.9 Å². The SMILES string of the molecule is c1ccc2c(c1)c1ccccc1c1c(-c3ccc(-n4c5ccccc5c5ccccc54)cc3)cccc21. The molecule has 37 heavy (non-hydrogen) atoms. The highest BCUT2D eigenvalue weighted by Crippen LogP contribution is 2.40. The minimum Gasteiger partial charge on any atom is -0.309 e. The second-order valence-electron chi connectivity index (χ2n) is 9.74. The lowest BCUT2D eigenvalue weighted by molar-refractivity contribution is 1.18. The number of rotatable bonds is 2. The van der Waals surface area contributed by atoms with E-state index in [0.29, 0.717) is 0 Å². The molecule has 8 rings (SSSR count). The molecule has 7 aromatic carbocycles.